The van der Waals surface area contributed by atoms with Gasteiger partial charge >= 0.3 is 0 Å². The molecule has 2 fully saturated rings. The molecule has 92 valence electrons. The lowest BCUT2D eigenvalue weighted by molar-refractivity contribution is 0.188. The summed E-state index contributed by atoms with van der Waals surface area (Å²) in [7, 11) is 0. The molecule has 2 aliphatic heterocycles. The number of aryl methyl sites for hydroxylation is 1. The second-order valence-corrected chi connectivity index (χ2v) is 5.37. The minimum Gasteiger partial charge on any atom is -0.367 e. The van der Waals surface area contributed by atoms with Gasteiger partial charge in [-0.25, -0.2) is 4.98 Å². The van der Waals surface area contributed by atoms with E-state index in [1.165, 1.54) is 44.3 Å². The lowest BCUT2D eigenvalue weighted by Crippen LogP contribution is -2.42. The van der Waals surface area contributed by atoms with E-state index in [0.29, 0.717) is 6.04 Å². The van der Waals surface area contributed by atoms with Crippen LogP contribution in [0.25, 0.3) is 0 Å². The van der Waals surface area contributed by atoms with E-state index in [1.54, 1.807) is 0 Å². The molecule has 0 aromatic carbocycles. The number of aromatic nitrogens is 1. The van der Waals surface area contributed by atoms with Gasteiger partial charge in [-0.1, -0.05) is 6.07 Å². The maximum absolute atomic E-state index is 4.43. The SMILES string of the molecule is Cc1cccnc1NC1CCN2CCCC2C1. The van der Waals surface area contributed by atoms with Crippen molar-refractivity contribution in [2.75, 3.05) is 18.4 Å². The van der Waals surface area contributed by atoms with Crippen LogP contribution in [0, 0.1) is 6.92 Å². The van der Waals surface area contributed by atoms with Gasteiger partial charge in [0.15, 0.2) is 0 Å². The van der Waals surface area contributed by atoms with Gasteiger partial charge in [0.05, 0.1) is 0 Å². The number of anilines is 1. The average Bonchev–Trinajstić information content (AvgIpc) is 2.79. The van der Waals surface area contributed by atoms with Gasteiger partial charge in [0.1, 0.15) is 5.82 Å². The monoisotopic (exact) mass is 231 g/mol. The second-order valence-electron chi connectivity index (χ2n) is 5.37. The molecule has 0 spiro atoms. The first-order valence-electron chi connectivity index (χ1n) is 6.75. The quantitative estimate of drug-likeness (QED) is 0.847. The van der Waals surface area contributed by atoms with E-state index < -0.39 is 0 Å². The molecule has 0 aliphatic carbocycles. The summed E-state index contributed by atoms with van der Waals surface area (Å²) in [4.78, 5) is 7.09. The molecule has 3 heterocycles. The van der Waals surface area contributed by atoms with Crippen LogP contribution in [0.5, 0.6) is 0 Å². The number of piperidine rings is 1. The summed E-state index contributed by atoms with van der Waals surface area (Å²) in [5, 5.41) is 3.62. The highest BCUT2D eigenvalue weighted by atomic mass is 15.2. The highest BCUT2D eigenvalue weighted by Gasteiger charge is 2.31. The summed E-state index contributed by atoms with van der Waals surface area (Å²) in [6, 6.07) is 5.56. The van der Waals surface area contributed by atoms with Crippen LogP contribution < -0.4 is 5.32 Å². The van der Waals surface area contributed by atoms with Crippen LogP contribution in [0.2, 0.25) is 0 Å². The average molecular weight is 231 g/mol. The molecule has 3 rings (SSSR count). The third-order valence-corrected chi connectivity index (χ3v) is 4.17. The van der Waals surface area contributed by atoms with Gasteiger partial charge < -0.3 is 10.2 Å². The van der Waals surface area contributed by atoms with Crippen molar-refractivity contribution in [1.29, 1.82) is 0 Å². The predicted molar refractivity (Wildman–Crippen MR) is 70.2 cm³/mol. The van der Waals surface area contributed by atoms with Crippen molar-refractivity contribution in [3.05, 3.63) is 23.9 Å². The van der Waals surface area contributed by atoms with Crippen LogP contribution in [0.3, 0.4) is 0 Å². The van der Waals surface area contributed by atoms with Gasteiger partial charge in [0.2, 0.25) is 0 Å². The highest BCUT2D eigenvalue weighted by molar-refractivity contribution is 5.43. The Hall–Kier alpha value is -1.09. The first kappa shape index (κ1) is 11.0. The predicted octanol–water partition coefficient (Wildman–Crippen LogP) is 2.43. The van der Waals surface area contributed by atoms with E-state index in [4.69, 9.17) is 0 Å². The summed E-state index contributed by atoms with van der Waals surface area (Å²) in [6.45, 7) is 4.70. The van der Waals surface area contributed by atoms with Crippen LogP contribution in [0.1, 0.15) is 31.2 Å². The highest BCUT2D eigenvalue weighted by Crippen LogP contribution is 2.28. The fourth-order valence-corrected chi connectivity index (χ4v) is 3.19. The Morgan fingerprint density at radius 3 is 3.18 bits per heavy atom. The van der Waals surface area contributed by atoms with E-state index in [9.17, 15) is 0 Å². The zero-order chi connectivity index (χ0) is 11.7. The molecule has 0 saturated carbocycles. The van der Waals surface area contributed by atoms with Gasteiger partial charge in [-0.05, 0) is 50.8 Å². The molecule has 0 amide bonds. The van der Waals surface area contributed by atoms with Crippen molar-refractivity contribution >= 4 is 5.82 Å². The molecular formula is C14H21N3. The molecule has 2 atom stereocenters. The first-order chi connectivity index (χ1) is 8.33. The van der Waals surface area contributed by atoms with E-state index in [2.05, 4.69) is 28.2 Å². The number of nitrogens with one attached hydrogen (secondary N) is 1. The molecule has 17 heavy (non-hydrogen) atoms. The van der Waals surface area contributed by atoms with Crippen LogP contribution in [-0.2, 0) is 0 Å². The molecule has 0 bridgehead atoms. The molecule has 2 aliphatic rings. The minimum absolute atomic E-state index is 0.614. The Labute approximate surface area is 103 Å². The van der Waals surface area contributed by atoms with Crippen molar-refractivity contribution in [3.8, 4) is 0 Å². The van der Waals surface area contributed by atoms with Crippen molar-refractivity contribution in [2.24, 2.45) is 0 Å². The standard InChI is InChI=1S/C14H21N3/c1-11-4-2-7-15-14(11)16-12-6-9-17-8-3-5-13(17)10-12/h2,4,7,12-13H,3,5-6,8-10H2,1H3,(H,15,16). The molecule has 0 radical (unpaired) electrons. The third kappa shape index (κ3) is 2.29. The van der Waals surface area contributed by atoms with Crippen LogP contribution >= 0.6 is 0 Å². The molecular weight excluding hydrogens is 210 g/mol. The molecule has 3 heteroatoms. The normalized spacial score (nSPS) is 29.0. The maximum Gasteiger partial charge on any atom is 0.129 e. The maximum atomic E-state index is 4.43. The van der Waals surface area contributed by atoms with Crippen LogP contribution in [-0.4, -0.2) is 35.1 Å². The second kappa shape index (κ2) is 4.65. The number of pyridine rings is 1. The smallest absolute Gasteiger partial charge is 0.129 e. The Morgan fingerprint density at radius 1 is 1.35 bits per heavy atom. The zero-order valence-corrected chi connectivity index (χ0v) is 10.5. The Morgan fingerprint density at radius 2 is 2.29 bits per heavy atom. The van der Waals surface area contributed by atoms with E-state index in [1.807, 2.05) is 12.3 Å². The van der Waals surface area contributed by atoms with Crippen molar-refractivity contribution in [2.45, 2.75) is 44.7 Å². The number of rotatable bonds is 2. The minimum atomic E-state index is 0.614. The summed E-state index contributed by atoms with van der Waals surface area (Å²) >= 11 is 0. The Bertz CT molecular complexity index is 391. The molecule has 3 nitrogen and oxygen atoms in total. The number of fused-ring (bicyclic) bond motifs is 1. The Kier molecular flexibility index (Phi) is 3.02. The van der Waals surface area contributed by atoms with Gasteiger partial charge in [0.25, 0.3) is 0 Å². The van der Waals surface area contributed by atoms with Crippen molar-refractivity contribution in [1.82, 2.24) is 9.88 Å². The summed E-state index contributed by atoms with van der Waals surface area (Å²) in [5.41, 5.74) is 1.25. The summed E-state index contributed by atoms with van der Waals surface area (Å²) in [5.74, 6) is 1.07. The van der Waals surface area contributed by atoms with E-state index in [-0.39, 0.29) is 0 Å². The fourth-order valence-electron chi connectivity index (χ4n) is 3.19. The Balaban J connectivity index is 1.64. The summed E-state index contributed by atoms with van der Waals surface area (Å²) < 4.78 is 0. The topological polar surface area (TPSA) is 28.2 Å². The lowest BCUT2D eigenvalue weighted by Gasteiger charge is -2.35. The van der Waals surface area contributed by atoms with Gasteiger partial charge in [-0.3, -0.25) is 0 Å². The van der Waals surface area contributed by atoms with Gasteiger partial charge in [-0.2, -0.15) is 0 Å². The van der Waals surface area contributed by atoms with E-state index >= 15 is 0 Å². The molecule has 2 saturated heterocycles. The van der Waals surface area contributed by atoms with Gasteiger partial charge in [0, 0.05) is 24.8 Å². The number of hydrogen-bond donors (Lipinski definition) is 1. The van der Waals surface area contributed by atoms with Crippen LogP contribution in [0.15, 0.2) is 18.3 Å². The van der Waals surface area contributed by atoms with Crippen LogP contribution in [0.4, 0.5) is 5.82 Å². The lowest BCUT2D eigenvalue weighted by atomic mass is 9.97. The summed E-state index contributed by atoms with van der Waals surface area (Å²) in [6.07, 6.45) is 7.20. The zero-order valence-electron chi connectivity index (χ0n) is 10.5. The largest absolute Gasteiger partial charge is 0.367 e. The first-order valence-corrected chi connectivity index (χ1v) is 6.75. The molecule has 1 aromatic heterocycles. The third-order valence-electron chi connectivity index (χ3n) is 4.17. The fraction of sp³-hybridized carbons (Fsp3) is 0.643. The van der Waals surface area contributed by atoms with E-state index in [0.717, 1.165) is 11.9 Å². The molecule has 1 N–H and O–H groups in total. The van der Waals surface area contributed by atoms with Crippen molar-refractivity contribution in [3.63, 3.8) is 0 Å². The molecule has 2 unspecified atom stereocenters. The number of hydrogen-bond acceptors (Lipinski definition) is 3. The van der Waals surface area contributed by atoms with Crippen molar-refractivity contribution < 1.29 is 0 Å². The van der Waals surface area contributed by atoms with Gasteiger partial charge in [-0.15, -0.1) is 0 Å². The molecule has 1 aromatic rings. The number of nitrogens with zero attached hydrogens (tertiary/aromatic N) is 2.